The molecule has 0 heterocycles. The Hall–Kier alpha value is -0.180. The summed E-state index contributed by atoms with van der Waals surface area (Å²) in [5, 5.41) is 0. The van der Waals surface area contributed by atoms with Gasteiger partial charge in [-0.2, -0.15) is 11.8 Å². The molecular formula is C24H49NOS. The van der Waals surface area contributed by atoms with E-state index in [1.807, 2.05) is 0 Å². The lowest BCUT2D eigenvalue weighted by molar-refractivity contribution is -0.118. The zero-order chi connectivity index (χ0) is 19.8. The highest BCUT2D eigenvalue weighted by atomic mass is 32.2. The van der Waals surface area contributed by atoms with Crippen LogP contribution >= 0.6 is 11.8 Å². The molecule has 0 atom stereocenters. The predicted molar refractivity (Wildman–Crippen MR) is 125 cm³/mol. The lowest BCUT2D eigenvalue weighted by Gasteiger charge is -2.04. The molecule has 27 heavy (non-hydrogen) atoms. The Balaban J connectivity index is 2.98. The summed E-state index contributed by atoms with van der Waals surface area (Å²) in [5.74, 6) is 2.59. The van der Waals surface area contributed by atoms with E-state index in [1.165, 1.54) is 127 Å². The minimum Gasteiger partial charge on any atom is -0.370 e. The Labute approximate surface area is 175 Å². The van der Waals surface area contributed by atoms with Crippen molar-refractivity contribution in [2.24, 2.45) is 5.73 Å². The molecule has 2 N–H and O–H groups in total. The summed E-state index contributed by atoms with van der Waals surface area (Å²) in [6.45, 7) is 2.29. The van der Waals surface area contributed by atoms with Gasteiger partial charge in [-0.1, -0.05) is 110 Å². The van der Waals surface area contributed by atoms with Crippen molar-refractivity contribution in [3.63, 3.8) is 0 Å². The number of carbonyl (C=O) groups excluding carboxylic acids is 1. The highest BCUT2D eigenvalue weighted by Crippen LogP contribution is 2.15. The fourth-order valence-corrected chi connectivity index (χ4v) is 4.56. The van der Waals surface area contributed by atoms with E-state index in [9.17, 15) is 4.79 Å². The summed E-state index contributed by atoms with van der Waals surface area (Å²) < 4.78 is 0. The van der Waals surface area contributed by atoms with Crippen LogP contribution in [0.2, 0.25) is 0 Å². The molecule has 0 saturated carbocycles. The van der Waals surface area contributed by atoms with Crippen LogP contribution in [0.5, 0.6) is 0 Å². The van der Waals surface area contributed by atoms with E-state index in [4.69, 9.17) is 5.73 Å². The summed E-state index contributed by atoms with van der Waals surface area (Å²) in [4.78, 5) is 10.6. The van der Waals surface area contributed by atoms with E-state index in [2.05, 4.69) is 18.7 Å². The van der Waals surface area contributed by atoms with Crippen LogP contribution in [0.4, 0.5) is 0 Å². The van der Waals surface area contributed by atoms with Crippen molar-refractivity contribution in [1.29, 1.82) is 0 Å². The maximum atomic E-state index is 10.6. The first-order chi connectivity index (χ1) is 13.3. The summed E-state index contributed by atoms with van der Waals surface area (Å²) in [7, 11) is 0. The molecule has 0 saturated heterocycles. The number of rotatable bonds is 23. The van der Waals surface area contributed by atoms with Crippen molar-refractivity contribution in [2.75, 3.05) is 11.5 Å². The second-order valence-corrected chi connectivity index (χ2v) is 9.42. The van der Waals surface area contributed by atoms with Crippen LogP contribution in [-0.4, -0.2) is 17.4 Å². The van der Waals surface area contributed by atoms with Gasteiger partial charge in [0.2, 0.25) is 5.91 Å². The normalized spacial score (nSPS) is 11.1. The van der Waals surface area contributed by atoms with E-state index in [0.29, 0.717) is 6.42 Å². The molecule has 1 amide bonds. The standard InChI is InChI=1S/C24H49NOS/c1-2-3-4-5-6-7-10-13-16-19-22-27-23-20-17-14-11-8-9-12-15-18-21-24(25)26/h2-23H2,1H3,(H2,25,26). The Bertz CT molecular complexity index is 296. The van der Waals surface area contributed by atoms with Crippen LogP contribution in [0.3, 0.4) is 0 Å². The number of hydrogen-bond donors (Lipinski definition) is 1. The van der Waals surface area contributed by atoms with Crippen LogP contribution in [-0.2, 0) is 4.79 Å². The van der Waals surface area contributed by atoms with E-state index in [-0.39, 0.29) is 5.91 Å². The summed E-state index contributed by atoms with van der Waals surface area (Å²) >= 11 is 2.17. The van der Waals surface area contributed by atoms with Gasteiger partial charge in [-0.25, -0.2) is 0 Å². The molecule has 2 nitrogen and oxygen atoms in total. The Morgan fingerprint density at radius 1 is 0.556 bits per heavy atom. The average molecular weight is 400 g/mol. The smallest absolute Gasteiger partial charge is 0.217 e. The zero-order valence-corrected chi connectivity index (χ0v) is 19.3. The molecule has 0 aromatic heterocycles. The van der Waals surface area contributed by atoms with E-state index < -0.39 is 0 Å². The van der Waals surface area contributed by atoms with Crippen molar-refractivity contribution < 1.29 is 4.79 Å². The number of carbonyl (C=O) groups is 1. The molecule has 0 aromatic rings. The van der Waals surface area contributed by atoms with Gasteiger partial charge in [0.05, 0.1) is 0 Å². The fourth-order valence-electron chi connectivity index (χ4n) is 3.53. The molecule has 0 aromatic carbocycles. The first-order valence-corrected chi connectivity index (χ1v) is 13.3. The van der Waals surface area contributed by atoms with Gasteiger partial charge in [-0.15, -0.1) is 0 Å². The quantitative estimate of drug-likeness (QED) is 0.177. The third kappa shape index (κ3) is 25.8. The van der Waals surface area contributed by atoms with Crippen molar-refractivity contribution >= 4 is 17.7 Å². The van der Waals surface area contributed by atoms with E-state index in [1.54, 1.807) is 0 Å². The van der Waals surface area contributed by atoms with Crippen molar-refractivity contribution in [3.8, 4) is 0 Å². The Morgan fingerprint density at radius 3 is 1.26 bits per heavy atom. The lowest BCUT2D eigenvalue weighted by Crippen LogP contribution is -2.09. The van der Waals surface area contributed by atoms with Gasteiger partial charge in [0.1, 0.15) is 0 Å². The van der Waals surface area contributed by atoms with Gasteiger partial charge in [0.25, 0.3) is 0 Å². The van der Waals surface area contributed by atoms with Gasteiger partial charge >= 0.3 is 0 Å². The third-order valence-corrected chi connectivity index (χ3v) is 6.51. The van der Waals surface area contributed by atoms with Crippen LogP contribution in [0.1, 0.15) is 135 Å². The molecule has 0 aliphatic rings. The van der Waals surface area contributed by atoms with E-state index in [0.717, 1.165) is 6.42 Å². The number of thioether (sulfide) groups is 1. The zero-order valence-electron chi connectivity index (χ0n) is 18.5. The monoisotopic (exact) mass is 399 g/mol. The average Bonchev–Trinajstić information content (AvgIpc) is 2.65. The number of primary amides is 1. The largest absolute Gasteiger partial charge is 0.370 e. The Kier molecular flexibility index (Phi) is 23.7. The molecule has 0 aliphatic carbocycles. The third-order valence-electron chi connectivity index (χ3n) is 5.35. The van der Waals surface area contributed by atoms with Gasteiger partial charge < -0.3 is 5.73 Å². The minimum atomic E-state index is -0.152. The second-order valence-electron chi connectivity index (χ2n) is 8.19. The lowest BCUT2D eigenvalue weighted by atomic mass is 10.1. The molecule has 0 fully saturated rings. The minimum absolute atomic E-state index is 0.152. The first-order valence-electron chi connectivity index (χ1n) is 12.1. The fraction of sp³-hybridized carbons (Fsp3) is 0.958. The summed E-state index contributed by atoms with van der Waals surface area (Å²) in [6.07, 6.45) is 26.7. The molecule has 0 bridgehead atoms. The molecule has 0 aliphatic heterocycles. The Morgan fingerprint density at radius 2 is 0.889 bits per heavy atom. The van der Waals surface area contributed by atoms with Crippen molar-refractivity contribution in [2.45, 2.75) is 135 Å². The van der Waals surface area contributed by atoms with Gasteiger partial charge in [-0.05, 0) is 30.8 Å². The van der Waals surface area contributed by atoms with Crippen molar-refractivity contribution in [1.82, 2.24) is 0 Å². The van der Waals surface area contributed by atoms with Crippen LogP contribution in [0, 0.1) is 0 Å². The molecule has 0 rings (SSSR count). The van der Waals surface area contributed by atoms with Gasteiger partial charge in [-0.3, -0.25) is 4.79 Å². The highest BCUT2D eigenvalue weighted by molar-refractivity contribution is 7.99. The molecular weight excluding hydrogens is 350 g/mol. The van der Waals surface area contributed by atoms with Crippen molar-refractivity contribution in [3.05, 3.63) is 0 Å². The number of unbranched alkanes of at least 4 members (excludes halogenated alkanes) is 17. The molecule has 3 heteroatoms. The first kappa shape index (κ1) is 26.8. The SMILES string of the molecule is CCCCCCCCCCCCSCCCCCCCCCCCC(N)=O. The number of nitrogens with two attached hydrogens (primary N) is 1. The second kappa shape index (κ2) is 23.9. The molecule has 162 valence electrons. The summed E-state index contributed by atoms with van der Waals surface area (Å²) in [5.41, 5.74) is 5.14. The molecule has 0 radical (unpaired) electrons. The number of amides is 1. The van der Waals surface area contributed by atoms with Gasteiger partial charge in [0, 0.05) is 6.42 Å². The van der Waals surface area contributed by atoms with Gasteiger partial charge in [0.15, 0.2) is 0 Å². The van der Waals surface area contributed by atoms with Crippen LogP contribution in [0.15, 0.2) is 0 Å². The maximum absolute atomic E-state index is 10.6. The topological polar surface area (TPSA) is 43.1 Å². The predicted octanol–water partition coefficient (Wildman–Crippen LogP) is 8.03. The number of hydrogen-bond acceptors (Lipinski definition) is 2. The highest BCUT2D eigenvalue weighted by Gasteiger charge is 1.96. The van der Waals surface area contributed by atoms with Crippen LogP contribution in [0.25, 0.3) is 0 Å². The summed E-state index contributed by atoms with van der Waals surface area (Å²) in [6, 6.07) is 0. The molecule has 0 unspecified atom stereocenters. The molecule has 0 spiro atoms. The van der Waals surface area contributed by atoms with Crippen LogP contribution < -0.4 is 5.73 Å². The maximum Gasteiger partial charge on any atom is 0.217 e. The van der Waals surface area contributed by atoms with E-state index >= 15 is 0 Å².